The van der Waals surface area contributed by atoms with Gasteiger partial charge in [0.25, 0.3) is 0 Å². The first kappa shape index (κ1) is 8.95. The number of likely N-dealkylation sites (N-methyl/N-ethyl adjacent to an activating group) is 1. The SMILES string of the molecule is C=CCC(=O)N(C)CC=C. The molecule has 1 amide bonds. The molecule has 0 heterocycles. The van der Waals surface area contributed by atoms with Crippen molar-refractivity contribution in [3.05, 3.63) is 25.3 Å². The third-order valence-corrected chi connectivity index (χ3v) is 1.15. The lowest BCUT2D eigenvalue weighted by Crippen LogP contribution is -2.25. The molecule has 0 aliphatic rings. The smallest absolute Gasteiger partial charge is 0.226 e. The first-order valence-corrected chi connectivity index (χ1v) is 3.18. The van der Waals surface area contributed by atoms with Crippen LogP contribution in [0.15, 0.2) is 25.3 Å². The number of carbonyl (C=O) groups excluding carboxylic acids is 1. The summed E-state index contributed by atoms with van der Waals surface area (Å²) < 4.78 is 0. The van der Waals surface area contributed by atoms with Gasteiger partial charge in [0.15, 0.2) is 0 Å². The van der Waals surface area contributed by atoms with Gasteiger partial charge in [-0.1, -0.05) is 12.2 Å². The van der Waals surface area contributed by atoms with Crippen molar-refractivity contribution in [1.82, 2.24) is 4.90 Å². The lowest BCUT2D eigenvalue weighted by Gasteiger charge is -2.12. The Hall–Kier alpha value is -1.05. The highest BCUT2D eigenvalue weighted by Gasteiger charge is 2.02. The summed E-state index contributed by atoms with van der Waals surface area (Å²) in [5.41, 5.74) is 0. The second-order valence-electron chi connectivity index (χ2n) is 2.06. The molecule has 0 fully saturated rings. The van der Waals surface area contributed by atoms with Gasteiger partial charge in [-0.25, -0.2) is 0 Å². The first-order chi connectivity index (χ1) is 4.72. The molecule has 2 nitrogen and oxygen atoms in total. The number of amides is 1. The van der Waals surface area contributed by atoms with Crippen LogP contribution in [0.25, 0.3) is 0 Å². The molecule has 0 bridgehead atoms. The van der Waals surface area contributed by atoms with Crippen LogP contribution < -0.4 is 0 Å². The summed E-state index contributed by atoms with van der Waals surface area (Å²) in [6.45, 7) is 7.60. The molecule has 0 spiro atoms. The van der Waals surface area contributed by atoms with E-state index in [2.05, 4.69) is 13.2 Å². The quantitative estimate of drug-likeness (QED) is 0.536. The molecule has 0 atom stereocenters. The zero-order valence-electron chi connectivity index (χ0n) is 6.34. The predicted octanol–water partition coefficient (Wildman–Crippen LogP) is 1.21. The Bertz CT molecular complexity index is 140. The second-order valence-corrected chi connectivity index (χ2v) is 2.06. The maximum Gasteiger partial charge on any atom is 0.226 e. The summed E-state index contributed by atoms with van der Waals surface area (Å²) in [6, 6.07) is 0. The highest BCUT2D eigenvalue weighted by atomic mass is 16.2. The summed E-state index contributed by atoms with van der Waals surface area (Å²) in [5, 5.41) is 0. The molecule has 0 aliphatic heterocycles. The number of rotatable bonds is 4. The Morgan fingerprint density at radius 1 is 1.50 bits per heavy atom. The van der Waals surface area contributed by atoms with Crippen LogP contribution in [0.4, 0.5) is 0 Å². The Labute approximate surface area is 61.8 Å². The third-order valence-electron chi connectivity index (χ3n) is 1.15. The monoisotopic (exact) mass is 139 g/mol. The second kappa shape index (κ2) is 4.79. The van der Waals surface area contributed by atoms with E-state index in [1.54, 1.807) is 24.1 Å². The van der Waals surface area contributed by atoms with Crippen molar-refractivity contribution in [3.8, 4) is 0 Å². The lowest BCUT2D eigenvalue weighted by atomic mass is 10.3. The van der Waals surface area contributed by atoms with E-state index >= 15 is 0 Å². The fourth-order valence-corrected chi connectivity index (χ4v) is 0.575. The van der Waals surface area contributed by atoms with Crippen molar-refractivity contribution < 1.29 is 4.79 Å². The largest absolute Gasteiger partial charge is 0.342 e. The van der Waals surface area contributed by atoms with Crippen molar-refractivity contribution in [2.24, 2.45) is 0 Å². The van der Waals surface area contributed by atoms with Gasteiger partial charge in [0.05, 0.1) is 0 Å². The van der Waals surface area contributed by atoms with Crippen LogP contribution in [0, 0.1) is 0 Å². The number of carbonyl (C=O) groups is 1. The minimum atomic E-state index is 0.0786. The third kappa shape index (κ3) is 3.07. The molecular weight excluding hydrogens is 126 g/mol. The molecule has 0 saturated heterocycles. The number of hydrogen-bond donors (Lipinski definition) is 0. The van der Waals surface area contributed by atoms with Gasteiger partial charge in [0.2, 0.25) is 5.91 Å². The van der Waals surface area contributed by atoms with E-state index in [0.29, 0.717) is 13.0 Å². The van der Waals surface area contributed by atoms with Crippen LogP contribution in [-0.4, -0.2) is 24.4 Å². The Morgan fingerprint density at radius 2 is 2.10 bits per heavy atom. The number of hydrogen-bond acceptors (Lipinski definition) is 1. The maximum atomic E-state index is 10.9. The van der Waals surface area contributed by atoms with Gasteiger partial charge in [-0.05, 0) is 0 Å². The normalized spacial score (nSPS) is 8.50. The molecule has 2 heteroatoms. The molecule has 0 saturated carbocycles. The molecule has 0 N–H and O–H groups in total. The molecule has 0 aliphatic carbocycles. The fraction of sp³-hybridized carbons (Fsp3) is 0.375. The predicted molar refractivity (Wildman–Crippen MR) is 42.6 cm³/mol. The molecule has 0 radical (unpaired) electrons. The molecule has 0 rings (SSSR count). The average molecular weight is 139 g/mol. The van der Waals surface area contributed by atoms with E-state index in [1.165, 1.54) is 0 Å². The van der Waals surface area contributed by atoms with E-state index in [9.17, 15) is 4.79 Å². The standard InChI is InChI=1S/C8H13NO/c1-4-6-8(10)9(3)7-5-2/h4-5H,1-2,6-7H2,3H3. The van der Waals surface area contributed by atoms with E-state index in [4.69, 9.17) is 0 Å². The van der Waals surface area contributed by atoms with Gasteiger partial charge in [0.1, 0.15) is 0 Å². The van der Waals surface area contributed by atoms with Gasteiger partial charge in [-0.15, -0.1) is 13.2 Å². The topological polar surface area (TPSA) is 20.3 Å². The minimum absolute atomic E-state index is 0.0786. The van der Waals surface area contributed by atoms with Crippen molar-refractivity contribution >= 4 is 5.91 Å². The van der Waals surface area contributed by atoms with Crippen LogP contribution in [0.3, 0.4) is 0 Å². The van der Waals surface area contributed by atoms with Crippen LogP contribution in [-0.2, 0) is 4.79 Å². The fourth-order valence-electron chi connectivity index (χ4n) is 0.575. The molecule has 0 aromatic rings. The molecule has 10 heavy (non-hydrogen) atoms. The summed E-state index contributed by atoms with van der Waals surface area (Å²) in [4.78, 5) is 12.5. The highest BCUT2D eigenvalue weighted by Crippen LogP contribution is 1.90. The maximum absolute atomic E-state index is 10.9. The van der Waals surface area contributed by atoms with Crippen molar-refractivity contribution in [1.29, 1.82) is 0 Å². The van der Waals surface area contributed by atoms with Crippen LogP contribution in [0.1, 0.15) is 6.42 Å². The Balaban J connectivity index is 3.68. The van der Waals surface area contributed by atoms with E-state index in [0.717, 1.165) is 0 Å². The molecule has 0 aromatic carbocycles. The summed E-state index contributed by atoms with van der Waals surface area (Å²) >= 11 is 0. The summed E-state index contributed by atoms with van der Waals surface area (Å²) in [6.07, 6.45) is 3.70. The van der Waals surface area contributed by atoms with Gasteiger partial charge < -0.3 is 4.90 Å². The minimum Gasteiger partial charge on any atom is -0.342 e. The Morgan fingerprint density at radius 3 is 2.50 bits per heavy atom. The first-order valence-electron chi connectivity index (χ1n) is 3.18. The van der Waals surface area contributed by atoms with Gasteiger partial charge in [-0.2, -0.15) is 0 Å². The van der Waals surface area contributed by atoms with Crippen LogP contribution in [0.5, 0.6) is 0 Å². The average Bonchev–Trinajstić information content (AvgIpc) is 1.89. The molecule has 0 aromatic heterocycles. The number of nitrogens with zero attached hydrogens (tertiary/aromatic N) is 1. The zero-order valence-corrected chi connectivity index (χ0v) is 6.34. The summed E-state index contributed by atoms with van der Waals surface area (Å²) in [5.74, 6) is 0.0786. The Kier molecular flexibility index (Phi) is 4.29. The van der Waals surface area contributed by atoms with Gasteiger partial charge in [-0.3, -0.25) is 4.79 Å². The van der Waals surface area contributed by atoms with Crippen molar-refractivity contribution in [3.63, 3.8) is 0 Å². The van der Waals surface area contributed by atoms with Gasteiger partial charge >= 0.3 is 0 Å². The molecule has 56 valence electrons. The van der Waals surface area contributed by atoms with Crippen molar-refractivity contribution in [2.75, 3.05) is 13.6 Å². The zero-order chi connectivity index (χ0) is 7.98. The van der Waals surface area contributed by atoms with Crippen LogP contribution in [0.2, 0.25) is 0 Å². The van der Waals surface area contributed by atoms with E-state index in [-0.39, 0.29) is 5.91 Å². The van der Waals surface area contributed by atoms with E-state index in [1.807, 2.05) is 0 Å². The van der Waals surface area contributed by atoms with Gasteiger partial charge in [0, 0.05) is 20.0 Å². The highest BCUT2D eigenvalue weighted by molar-refractivity contribution is 5.77. The summed E-state index contributed by atoms with van der Waals surface area (Å²) in [7, 11) is 1.74. The van der Waals surface area contributed by atoms with E-state index < -0.39 is 0 Å². The van der Waals surface area contributed by atoms with Crippen molar-refractivity contribution in [2.45, 2.75) is 6.42 Å². The lowest BCUT2D eigenvalue weighted by molar-refractivity contribution is -0.128. The molecule has 0 unspecified atom stereocenters. The molecular formula is C8H13NO. The van der Waals surface area contributed by atoms with Crippen LogP contribution >= 0.6 is 0 Å².